The standard InChI is InChI=1S/C15H24N2S/c1-10-8-12-9-13(15(3,4)5)6-7-14(12)17-18-11(2)16-10/h8,13,17H,6-7,9H2,1-5H3. The molecule has 0 amide bonds. The van der Waals surface area contributed by atoms with Crippen molar-refractivity contribution in [2.75, 3.05) is 0 Å². The smallest absolute Gasteiger partial charge is 0.106 e. The predicted molar refractivity (Wildman–Crippen MR) is 78.5 cm³/mol. The highest BCUT2D eigenvalue weighted by Gasteiger charge is 2.28. The maximum atomic E-state index is 4.56. The summed E-state index contributed by atoms with van der Waals surface area (Å²) in [7, 11) is 0. The number of aromatic amines is 1. The Morgan fingerprint density at radius 2 is 2.06 bits per heavy atom. The lowest BCUT2D eigenvalue weighted by molar-refractivity contribution is 0.215. The number of hydrogen-bond acceptors (Lipinski definition) is 2. The number of aryl methyl sites for hydroxylation is 3. The van der Waals surface area contributed by atoms with Gasteiger partial charge >= 0.3 is 0 Å². The van der Waals surface area contributed by atoms with Crippen LogP contribution < -0.4 is 0 Å². The number of aromatic nitrogens is 2. The van der Waals surface area contributed by atoms with Crippen LogP contribution in [0.1, 0.15) is 49.2 Å². The van der Waals surface area contributed by atoms with E-state index in [2.05, 4.69) is 50.0 Å². The number of H-pyrrole nitrogens is 1. The molecule has 2 rings (SSSR count). The van der Waals surface area contributed by atoms with E-state index >= 15 is 0 Å². The first kappa shape index (κ1) is 13.6. The van der Waals surface area contributed by atoms with Gasteiger partial charge in [-0.1, -0.05) is 20.8 Å². The van der Waals surface area contributed by atoms with Gasteiger partial charge in [0.05, 0.1) is 0 Å². The third kappa shape index (κ3) is 3.14. The molecule has 1 atom stereocenters. The molecule has 0 saturated carbocycles. The molecule has 100 valence electrons. The summed E-state index contributed by atoms with van der Waals surface area (Å²) in [6.07, 6.45) is 3.64. The fourth-order valence-electron chi connectivity index (χ4n) is 2.66. The Kier molecular flexibility index (Phi) is 3.81. The quantitative estimate of drug-likeness (QED) is 0.741. The van der Waals surface area contributed by atoms with Crippen molar-refractivity contribution in [1.29, 1.82) is 0 Å². The van der Waals surface area contributed by atoms with Crippen molar-refractivity contribution in [2.45, 2.75) is 53.9 Å². The molecule has 1 aliphatic rings. The van der Waals surface area contributed by atoms with Gasteiger partial charge in [0.25, 0.3) is 0 Å². The minimum Gasteiger partial charge on any atom is -0.314 e. The van der Waals surface area contributed by atoms with Crippen LogP contribution in [0.4, 0.5) is 0 Å². The third-order valence-electron chi connectivity index (χ3n) is 3.86. The molecule has 18 heavy (non-hydrogen) atoms. The van der Waals surface area contributed by atoms with E-state index in [1.165, 1.54) is 30.5 Å². The second-order valence-corrected chi connectivity index (χ2v) is 7.43. The van der Waals surface area contributed by atoms with E-state index in [9.17, 15) is 0 Å². The summed E-state index contributed by atoms with van der Waals surface area (Å²) in [5.74, 6) is 0.775. The first-order chi connectivity index (χ1) is 8.36. The zero-order valence-electron chi connectivity index (χ0n) is 12.1. The van der Waals surface area contributed by atoms with Crippen molar-refractivity contribution in [3.05, 3.63) is 28.0 Å². The molecule has 0 spiro atoms. The molecule has 0 aliphatic heterocycles. The second kappa shape index (κ2) is 5.04. The van der Waals surface area contributed by atoms with Crippen molar-refractivity contribution in [3.8, 4) is 0 Å². The highest BCUT2D eigenvalue weighted by Crippen LogP contribution is 2.36. The van der Waals surface area contributed by atoms with E-state index in [0.717, 1.165) is 16.6 Å². The summed E-state index contributed by atoms with van der Waals surface area (Å²) in [5.41, 5.74) is 4.40. The summed E-state index contributed by atoms with van der Waals surface area (Å²) in [4.78, 5) is 4.56. The summed E-state index contributed by atoms with van der Waals surface area (Å²) in [6.45, 7) is 11.2. The number of fused-ring (bicyclic) bond motifs is 1. The van der Waals surface area contributed by atoms with Crippen LogP contribution in [0, 0.1) is 25.2 Å². The van der Waals surface area contributed by atoms with Crippen LogP contribution in [0.5, 0.6) is 0 Å². The van der Waals surface area contributed by atoms with Crippen LogP contribution in [-0.4, -0.2) is 9.36 Å². The fourth-order valence-corrected chi connectivity index (χ4v) is 3.36. The molecular formula is C15H24N2S. The summed E-state index contributed by atoms with van der Waals surface area (Å²) in [5, 5.41) is 1.09. The van der Waals surface area contributed by atoms with Gasteiger partial charge in [0, 0.05) is 11.4 Å². The monoisotopic (exact) mass is 264 g/mol. The van der Waals surface area contributed by atoms with Gasteiger partial charge in [-0.25, -0.2) is 4.98 Å². The maximum Gasteiger partial charge on any atom is 0.106 e. The van der Waals surface area contributed by atoms with Gasteiger partial charge in [0.1, 0.15) is 5.01 Å². The first-order valence-corrected chi connectivity index (χ1v) is 7.56. The Morgan fingerprint density at radius 3 is 2.72 bits per heavy atom. The van der Waals surface area contributed by atoms with Crippen molar-refractivity contribution >= 4 is 11.5 Å². The molecule has 1 unspecified atom stereocenters. The minimum atomic E-state index is 0.398. The van der Waals surface area contributed by atoms with Crippen LogP contribution in [0.25, 0.3) is 0 Å². The molecule has 1 aromatic heterocycles. The summed E-state index contributed by atoms with van der Waals surface area (Å²) in [6, 6.07) is 2.27. The third-order valence-corrected chi connectivity index (χ3v) is 4.60. The first-order valence-electron chi connectivity index (χ1n) is 6.75. The Bertz CT molecular complexity index is 475. The van der Waals surface area contributed by atoms with Gasteiger partial charge in [-0.3, -0.25) is 0 Å². The van der Waals surface area contributed by atoms with Crippen molar-refractivity contribution in [2.24, 2.45) is 11.3 Å². The molecule has 3 heteroatoms. The molecule has 0 radical (unpaired) electrons. The van der Waals surface area contributed by atoms with Gasteiger partial charge in [-0.2, -0.15) is 0 Å². The van der Waals surface area contributed by atoms with Gasteiger partial charge in [0.2, 0.25) is 0 Å². The number of nitrogens with one attached hydrogen (secondary N) is 1. The fraction of sp³-hybridized carbons (Fsp3) is 0.667. The van der Waals surface area contributed by atoms with E-state index in [1.54, 1.807) is 11.5 Å². The maximum absolute atomic E-state index is 4.56. The van der Waals surface area contributed by atoms with Gasteiger partial charge in [-0.15, -0.1) is 0 Å². The normalized spacial score (nSPS) is 19.3. The van der Waals surface area contributed by atoms with E-state index in [4.69, 9.17) is 0 Å². The van der Waals surface area contributed by atoms with Crippen LogP contribution in [0.15, 0.2) is 6.07 Å². The van der Waals surface area contributed by atoms with Gasteiger partial charge in [-0.05, 0) is 67.6 Å². The number of hydrogen-bond donors (Lipinski definition) is 1. The molecule has 1 N–H and O–H groups in total. The zero-order valence-corrected chi connectivity index (χ0v) is 12.9. The molecule has 1 aromatic rings. The molecule has 0 saturated heterocycles. The Hall–Kier alpha value is -0.830. The minimum absolute atomic E-state index is 0.398. The highest BCUT2D eigenvalue weighted by molar-refractivity contribution is 7.05. The SMILES string of the molecule is Cc1cc2c([nH]sc(C)n1)CCC(C(C)(C)C)C2. The topological polar surface area (TPSA) is 28.7 Å². The van der Waals surface area contributed by atoms with Crippen LogP contribution in [-0.2, 0) is 12.8 Å². The average molecular weight is 264 g/mol. The lowest BCUT2D eigenvalue weighted by atomic mass is 9.72. The number of nitrogens with zero attached hydrogens (tertiary/aromatic N) is 1. The molecule has 2 nitrogen and oxygen atoms in total. The largest absolute Gasteiger partial charge is 0.314 e. The van der Waals surface area contributed by atoms with E-state index in [0.29, 0.717) is 5.41 Å². The Morgan fingerprint density at radius 1 is 1.33 bits per heavy atom. The average Bonchev–Trinajstić information content (AvgIpc) is 2.23. The second-order valence-electron chi connectivity index (χ2n) is 6.43. The molecule has 1 heterocycles. The predicted octanol–water partition coefficient (Wildman–Crippen LogP) is 4.36. The zero-order chi connectivity index (χ0) is 13.3. The molecule has 0 fully saturated rings. The van der Waals surface area contributed by atoms with Crippen LogP contribution in [0.3, 0.4) is 0 Å². The van der Waals surface area contributed by atoms with Gasteiger partial charge in [0.15, 0.2) is 0 Å². The van der Waals surface area contributed by atoms with E-state index < -0.39 is 0 Å². The molecule has 0 aromatic carbocycles. The summed E-state index contributed by atoms with van der Waals surface area (Å²) >= 11 is 1.65. The van der Waals surface area contributed by atoms with Crippen LogP contribution in [0.2, 0.25) is 0 Å². The van der Waals surface area contributed by atoms with Crippen molar-refractivity contribution in [3.63, 3.8) is 0 Å². The summed E-state index contributed by atoms with van der Waals surface area (Å²) < 4.78 is 3.49. The molecular weight excluding hydrogens is 240 g/mol. The van der Waals surface area contributed by atoms with Gasteiger partial charge < -0.3 is 4.37 Å². The van der Waals surface area contributed by atoms with E-state index in [1.807, 2.05) is 0 Å². The number of rotatable bonds is 0. The Labute approximate surface area is 114 Å². The van der Waals surface area contributed by atoms with Crippen molar-refractivity contribution < 1.29 is 0 Å². The molecule has 0 bridgehead atoms. The Balaban J connectivity index is 2.41. The van der Waals surface area contributed by atoms with Crippen molar-refractivity contribution in [1.82, 2.24) is 9.36 Å². The van der Waals surface area contributed by atoms with Crippen LogP contribution >= 0.6 is 11.5 Å². The molecule has 1 aliphatic carbocycles. The van der Waals surface area contributed by atoms with E-state index in [-0.39, 0.29) is 0 Å². The highest BCUT2D eigenvalue weighted by atomic mass is 32.1. The lowest BCUT2D eigenvalue weighted by Crippen LogP contribution is -2.27. The lowest BCUT2D eigenvalue weighted by Gasteiger charge is -2.34.